The Hall–Kier alpha value is -2.13. The van der Waals surface area contributed by atoms with E-state index in [2.05, 4.69) is 39.8 Å². The molecule has 0 N–H and O–H groups in total. The van der Waals surface area contributed by atoms with Crippen molar-refractivity contribution in [1.29, 1.82) is 0 Å². The molecule has 2 aliphatic rings. The van der Waals surface area contributed by atoms with E-state index in [1.807, 2.05) is 33.1 Å². The maximum atomic E-state index is 6.59. The molecule has 2 aromatic carbocycles. The molecule has 2 fully saturated rings. The van der Waals surface area contributed by atoms with Crippen molar-refractivity contribution in [2.45, 2.75) is 135 Å². The van der Waals surface area contributed by atoms with Crippen molar-refractivity contribution < 1.29 is 23.7 Å². The zero-order chi connectivity index (χ0) is 29.5. The largest absolute Gasteiger partial charge is 0.496 e. The van der Waals surface area contributed by atoms with Crippen LogP contribution in [0, 0.1) is 0 Å². The van der Waals surface area contributed by atoms with Crippen LogP contribution >= 0.6 is 7.92 Å². The van der Waals surface area contributed by atoms with E-state index in [0.717, 1.165) is 39.9 Å². The van der Waals surface area contributed by atoms with Crippen LogP contribution in [0.4, 0.5) is 0 Å². The van der Waals surface area contributed by atoms with Crippen molar-refractivity contribution in [1.82, 2.24) is 0 Å². The van der Waals surface area contributed by atoms with Gasteiger partial charge in [-0.1, -0.05) is 46.4 Å². The number of benzene rings is 2. The second kappa shape index (κ2) is 14.9. The van der Waals surface area contributed by atoms with E-state index in [1.54, 1.807) is 7.11 Å². The second-order valence-corrected chi connectivity index (χ2v) is 15.2. The first-order chi connectivity index (χ1) is 19.7. The molecule has 0 aliphatic heterocycles. The first kappa shape index (κ1) is 31.8. The van der Waals surface area contributed by atoms with Gasteiger partial charge in [-0.25, -0.2) is 0 Å². The van der Waals surface area contributed by atoms with E-state index in [9.17, 15) is 0 Å². The summed E-state index contributed by atoms with van der Waals surface area (Å²) in [5.74, 6) is 4.10. The molecule has 0 heterocycles. The molecule has 2 aliphatic carbocycles. The predicted octanol–water partition coefficient (Wildman–Crippen LogP) is 9.51. The quantitative estimate of drug-likeness (QED) is 0.233. The number of methoxy groups -OCH3 is 2. The van der Waals surface area contributed by atoms with Crippen LogP contribution in [0.5, 0.6) is 28.7 Å². The highest BCUT2D eigenvalue weighted by molar-refractivity contribution is 7.67. The molecule has 2 aromatic rings. The molecule has 4 rings (SSSR count). The summed E-state index contributed by atoms with van der Waals surface area (Å²) in [6, 6.07) is 8.26. The number of hydrogen-bond acceptors (Lipinski definition) is 5. The number of hydrogen-bond donors (Lipinski definition) is 0. The SMILES string of the molecule is COc1ccc(OC)c(P(C2CCCCC2)C2CCCCC2)c1-c1c(OC(C)C)cc(OC(C)C)cc1OC(C)C. The van der Waals surface area contributed by atoms with Gasteiger partial charge in [0.25, 0.3) is 0 Å². The number of rotatable bonds is 12. The average Bonchev–Trinajstić information content (AvgIpc) is 2.93. The first-order valence-electron chi connectivity index (χ1n) is 15.9. The molecule has 5 nitrogen and oxygen atoms in total. The van der Waals surface area contributed by atoms with Gasteiger partial charge in [0.2, 0.25) is 0 Å². The fourth-order valence-corrected chi connectivity index (χ4v) is 10.7. The molecule has 6 heteroatoms. The Labute approximate surface area is 250 Å². The normalized spacial score (nSPS) is 17.0. The molecule has 41 heavy (non-hydrogen) atoms. The van der Waals surface area contributed by atoms with E-state index in [-0.39, 0.29) is 18.3 Å². The lowest BCUT2D eigenvalue weighted by Gasteiger charge is -2.40. The summed E-state index contributed by atoms with van der Waals surface area (Å²) in [5, 5.41) is 1.33. The lowest BCUT2D eigenvalue weighted by molar-refractivity contribution is 0.218. The highest BCUT2D eigenvalue weighted by Gasteiger charge is 2.38. The monoisotopic (exact) mass is 584 g/mol. The van der Waals surface area contributed by atoms with Gasteiger partial charge in [-0.3, -0.25) is 0 Å². The van der Waals surface area contributed by atoms with Gasteiger partial charge in [0.1, 0.15) is 28.7 Å². The molecule has 0 spiro atoms. The van der Waals surface area contributed by atoms with Gasteiger partial charge in [-0.15, -0.1) is 0 Å². The molecule has 0 atom stereocenters. The molecular weight excluding hydrogens is 531 g/mol. The van der Waals surface area contributed by atoms with Gasteiger partial charge in [0.15, 0.2) is 0 Å². The van der Waals surface area contributed by atoms with Gasteiger partial charge < -0.3 is 23.7 Å². The summed E-state index contributed by atoms with van der Waals surface area (Å²) >= 11 is 0. The van der Waals surface area contributed by atoms with E-state index < -0.39 is 7.92 Å². The van der Waals surface area contributed by atoms with E-state index in [1.165, 1.54) is 69.5 Å². The zero-order valence-electron chi connectivity index (χ0n) is 26.8. The minimum atomic E-state index is -0.519. The first-order valence-corrected chi connectivity index (χ1v) is 17.4. The van der Waals surface area contributed by atoms with E-state index in [4.69, 9.17) is 23.7 Å². The Kier molecular flexibility index (Phi) is 11.5. The molecule has 0 unspecified atom stereocenters. The molecule has 228 valence electrons. The second-order valence-electron chi connectivity index (χ2n) is 12.5. The van der Waals surface area contributed by atoms with Crippen LogP contribution in [0.25, 0.3) is 11.1 Å². The summed E-state index contributed by atoms with van der Waals surface area (Å²) in [6.45, 7) is 12.4. The smallest absolute Gasteiger partial charge is 0.135 e. The summed E-state index contributed by atoms with van der Waals surface area (Å²) in [4.78, 5) is 0. The molecule has 0 radical (unpaired) electrons. The average molecular weight is 585 g/mol. The maximum absolute atomic E-state index is 6.59. The van der Waals surface area contributed by atoms with Crippen LogP contribution in [0.2, 0.25) is 0 Å². The van der Waals surface area contributed by atoms with Crippen molar-refractivity contribution in [2.75, 3.05) is 14.2 Å². The zero-order valence-corrected chi connectivity index (χ0v) is 27.7. The third-order valence-corrected chi connectivity index (χ3v) is 11.7. The van der Waals surface area contributed by atoms with Crippen molar-refractivity contribution in [3.8, 4) is 39.9 Å². The van der Waals surface area contributed by atoms with Gasteiger partial charge in [0.05, 0.1) is 38.1 Å². The lowest BCUT2D eigenvalue weighted by Crippen LogP contribution is -2.28. The molecule has 0 amide bonds. The van der Waals surface area contributed by atoms with Crippen LogP contribution in [0.1, 0.15) is 106 Å². The molecule has 2 saturated carbocycles. The fourth-order valence-electron chi connectivity index (χ4n) is 6.61. The lowest BCUT2D eigenvalue weighted by atomic mass is 9.99. The van der Waals surface area contributed by atoms with Crippen LogP contribution < -0.4 is 29.0 Å². The van der Waals surface area contributed by atoms with Gasteiger partial charge in [-0.05, 0) is 90.7 Å². The minimum absolute atomic E-state index is 0.0202. The fraction of sp³-hybridized carbons (Fsp3) is 0.657. The van der Waals surface area contributed by atoms with E-state index >= 15 is 0 Å². The third kappa shape index (κ3) is 7.83. The Morgan fingerprint density at radius 2 is 1.00 bits per heavy atom. The van der Waals surface area contributed by atoms with Gasteiger partial charge in [0, 0.05) is 23.0 Å². The van der Waals surface area contributed by atoms with E-state index in [0.29, 0.717) is 11.3 Å². The van der Waals surface area contributed by atoms with Crippen LogP contribution in [0.3, 0.4) is 0 Å². The van der Waals surface area contributed by atoms with Gasteiger partial charge in [-0.2, -0.15) is 0 Å². The standard InChI is InChI=1S/C35H53O5P/c1-23(2)38-26-21-31(39-24(3)4)33(32(22-26)40-25(5)6)34-29(36-7)19-20-30(37-8)35(34)41(27-15-11-9-12-16-27)28-17-13-10-14-18-28/h19-25,27-28H,9-18H2,1-8H3. The maximum Gasteiger partial charge on any atom is 0.135 e. The summed E-state index contributed by atoms with van der Waals surface area (Å²) < 4.78 is 31.8. The van der Waals surface area contributed by atoms with Gasteiger partial charge >= 0.3 is 0 Å². The Balaban J connectivity index is 2.06. The van der Waals surface area contributed by atoms with Crippen LogP contribution in [-0.4, -0.2) is 43.8 Å². The Morgan fingerprint density at radius 3 is 1.41 bits per heavy atom. The summed E-state index contributed by atoms with van der Waals surface area (Å²) in [5.41, 5.74) is 3.41. The summed E-state index contributed by atoms with van der Waals surface area (Å²) in [7, 11) is 3.08. The highest BCUT2D eigenvalue weighted by Crippen LogP contribution is 2.60. The van der Waals surface area contributed by atoms with Crippen molar-refractivity contribution >= 4 is 13.2 Å². The topological polar surface area (TPSA) is 46.2 Å². The molecule has 0 bridgehead atoms. The Morgan fingerprint density at radius 1 is 0.561 bits per heavy atom. The van der Waals surface area contributed by atoms with Crippen molar-refractivity contribution in [3.05, 3.63) is 24.3 Å². The van der Waals surface area contributed by atoms with Crippen molar-refractivity contribution in [3.63, 3.8) is 0 Å². The molecular formula is C35H53O5P. The minimum Gasteiger partial charge on any atom is -0.496 e. The van der Waals surface area contributed by atoms with Crippen molar-refractivity contribution in [2.24, 2.45) is 0 Å². The van der Waals surface area contributed by atoms with Crippen LogP contribution in [0.15, 0.2) is 24.3 Å². The third-order valence-electron chi connectivity index (χ3n) is 8.12. The summed E-state index contributed by atoms with van der Waals surface area (Å²) in [6.07, 6.45) is 13.2. The predicted molar refractivity (Wildman–Crippen MR) is 173 cm³/mol. The van der Waals surface area contributed by atoms with Crippen LogP contribution in [-0.2, 0) is 0 Å². The molecule has 0 saturated heterocycles. The Bertz CT molecular complexity index is 1070. The highest BCUT2D eigenvalue weighted by atomic mass is 31.1. The molecule has 0 aromatic heterocycles. The number of ether oxygens (including phenoxy) is 5.